The molecule has 1 heterocycles. The second kappa shape index (κ2) is 7.92. The molecule has 22 heavy (non-hydrogen) atoms. The molecule has 0 bridgehead atoms. The van der Waals surface area contributed by atoms with Gasteiger partial charge in [0.1, 0.15) is 0 Å². The van der Waals surface area contributed by atoms with Crippen LogP contribution in [0.1, 0.15) is 52.0 Å². The molecule has 1 N–H and O–H groups in total. The standard InChI is InChI=1S/C19H27NO2/c1-5-7-9-14(3)10-16(8-6-2)20-17-12-19-18(11-15(17)4)21-13-22-19/h8-9,11-12,20H,5-7,10,13H2,1-4H3/b14-9-,16-8+. The molecule has 1 aromatic rings. The van der Waals surface area contributed by atoms with Crippen molar-refractivity contribution in [2.24, 2.45) is 0 Å². The van der Waals surface area contributed by atoms with Crippen LogP contribution in [0.3, 0.4) is 0 Å². The first-order valence-electron chi connectivity index (χ1n) is 8.16. The van der Waals surface area contributed by atoms with Gasteiger partial charge in [-0.3, -0.25) is 0 Å². The molecule has 120 valence electrons. The van der Waals surface area contributed by atoms with Gasteiger partial charge in [-0.15, -0.1) is 0 Å². The van der Waals surface area contributed by atoms with E-state index in [0.717, 1.165) is 36.4 Å². The molecule has 1 aliphatic rings. The van der Waals surface area contributed by atoms with Crippen LogP contribution in [0.2, 0.25) is 0 Å². The molecule has 0 unspecified atom stereocenters. The third-order valence-corrected chi connectivity index (χ3v) is 3.72. The van der Waals surface area contributed by atoms with Crippen molar-refractivity contribution in [2.75, 3.05) is 12.1 Å². The molecule has 0 aromatic heterocycles. The van der Waals surface area contributed by atoms with Crippen LogP contribution in [0.4, 0.5) is 5.69 Å². The lowest BCUT2D eigenvalue weighted by atomic mass is 10.1. The van der Waals surface area contributed by atoms with Crippen molar-refractivity contribution >= 4 is 5.69 Å². The minimum Gasteiger partial charge on any atom is -0.454 e. The van der Waals surface area contributed by atoms with Crippen LogP contribution < -0.4 is 14.8 Å². The Balaban J connectivity index is 2.13. The number of fused-ring (bicyclic) bond motifs is 1. The molecule has 3 heteroatoms. The van der Waals surface area contributed by atoms with Crippen LogP contribution in [0.25, 0.3) is 0 Å². The van der Waals surface area contributed by atoms with E-state index in [-0.39, 0.29) is 0 Å². The molecule has 2 rings (SSSR count). The van der Waals surface area contributed by atoms with Gasteiger partial charge in [-0.25, -0.2) is 0 Å². The summed E-state index contributed by atoms with van der Waals surface area (Å²) in [5.41, 5.74) is 4.91. The summed E-state index contributed by atoms with van der Waals surface area (Å²) in [6, 6.07) is 4.07. The maximum absolute atomic E-state index is 5.48. The van der Waals surface area contributed by atoms with Gasteiger partial charge in [0.05, 0.1) is 0 Å². The monoisotopic (exact) mass is 301 g/mol. The van der Waals surface area contributed by atoms with Crippen molar-refractivity contribution in [1.29, 1.82) is 0 Å². The Hall–Kier alpha value is -1.90. The minimum atomic E-state index is 0.314. The molecule has 0 fully saturated rings. The third-order valence-electron chi connectivity index (χ3n) is 3.72. The van der Waals surface area contributed by atoms with Crippen LogP contribution in [0, 0.1) is 6.92 Å². The normalized spacial score (nSPS) is 14.4. The van der Waals surface area contributed by atoms with E-state index in [1.165, 1.54) is 23.3 Å². The summed E-state index contributed by atoms with van der Waals surface area (Å²) < 4.78 is 10.9. The van der Waals surface area contributed by atoms with Gasteiger partial charge in [-0.2, -0.15) is 0 Å². The number of anilines is 1. The van der Waals surface area contributed by atoms with Crippen molar-refractivity contribution in [3.05, 3.63) is 41.1 Å². The quantitative estimate of drug-likeness (QED) is 0.668. The van der Waals surface area contributed by atoms with Crippen LogP contribution in [0.5, 0.6) is 11.5 Å². The smallest absolute Gasteiger partial charge is 0.231 e. The molecular weight excluding hydrogens is 274 g/mol. The number of hydrogen-bond donors (Lipinski definition) is 1. The highest BCUT2D eigenvalue weighted by molar-refractivity contribution is 5.63. The Morgan fingerprint density at radius 3 is 2.59 bits per heavy atom. The Kier molecular flexibility index (Phi) is 5.93. The van der Waals surface area contributed by atoms with E-state index in [1.807, 2.05) is 12.1 Å². The zero-order chi connectivity index (χ0) is 15.9. The lowest BCUT2D eigenvalue weighted by Crippen LogP contribution is -2.02. The summed E-state index contributed by atoms with van der Waals surface area (Å²) in [5.74, 6) is 1.66. The van der Waals surface area contributed by atoms with Crippen molar-refractivity contribution in [1.82, 2.24) is 0 Å². The Bertz CT molecular complexity index is 573. The van der Waals surface area contributed by atoms with E-state index in [0.29, 0.717) is 6.79 Å². The van der Waals surface area contributed by atoms with Crippen molar-refractivity contribution in [3.8, 4) is 11.5 Å². The highest BCUT2D eigenvalue weighted by atomic mass is 16.7. The number of allylic oxidation sites excluding steroid dienone is 3. The second-order valence-electron chi connectivity index (χ2n) is 5.80. The SMILES string of the molecule is CC/C=C(\C/C(C)=C\CCC)Nc1cc2c(cc1C)OCO2. The lowest BCUT2D eigenvalue weighted by molar-refractivity contribution is 0.174. The fourth-order valence-electron chi connectivity index (χ4n) is 2.53. The summed E-state index contributed by atoms with van der Waals surface area (Å²) in [6.07, 6.45) is 8.91. The fraction of sp³-hybridized carbons (Fsp3) is 0.474. The molecular formula is C19H27NO2. The summed E-state index contributed by atoms with van der Waals surface area (Å²) in [6.45, 7) is 8.98. The van der Waals surface area contributed by atoms with E-state index in [2.05, 4.69) is 45.2 Å². The number of ether oxygens (including phenoxy) is 2. The molecule has 0 saturated heterocycles. The third kappa shape index (κ3) is 4.30. The van der Waals surface area contributed by atoms with E-state index in [9.17, 15) is 0 Å². The maximum Gasteiger partial charge on any atom is 0.231 e. The largest absolute Gasteiger partial charge is 0.454 e. The molecule has 0 spiro atoms. The van der Waals surface area contributed by atoms with Gasteiger partial charge >= 0.3 is 0 Å². The lowest BCUT2D eigenvalue weighted by Gasteiger charge is -2.15. The number of nitrogens with one attached hydrogen (secondary N) is 1. The summed E-state index contributed by atoms with van der Waals surface area (Å²) >= 11 is 0. The van der Waals surface area contributed by atoms with Crippen LogP contribution >= 0.6 is 0 Å². The van der Waals surface area contributed by atoms with Gasteiger partial charge in [0.15, 0.2) is 11.5 Å². The predicted molar refractivity (Wildman–Crippen MR) is 92.6 cm³/mol. The first-order chi connectivity index (χ1) is 10.6. The number of benzene rings is 1. The van der Waals surface area contributed by atoms with Gasteiger partial charge in [-0.1, -0.05) is 38.0 Å². The first-order valence-corrected chi connectivity index (χ1v) is 8.16. The summed E-state index contributed by atoms with van der Waals surface area (Å²) in [5, 5.41) is 3.57. The van der Waals surface area contributed by atoms with Crippen molar-refractivity contribution in [2.45, 2.75) is 53.4 Å². The summed E-state index contributed by atoms with van der Waals surface area (Å²) in [7, 11) is 0. The molecule has 0 atom stereocenters. The Morgan fingerprint density at radius 2 is 1.91 bits per heavy atom. The molecule has 1 aromatic carbocycles. The molecule has 0 saturated carbocycles. The Labute approximate surface area is 134 Å². The topological polar surface area (TPSA) is 30.5 Å². The van der Waals surface area contributed by atoms with Gasteiger partial charge in [0.2, 0.25) is 6.79 Å². The molecule has 0 aliphatic carbocycles. The minimum absolute atomic E-state index is 0.314. The highest BCUT2D eigenvalue weighted by Crippen LogP contribution is 2.37. The average molecular weight is 301 g/mol. The molecule has 1 aliphatic heterocycles. The second-order valence-corrected chi connectivity index (χ2v) is 5.80. The molecule has 0 amide bonds. The van der Waals surface area contributed by atoms with Gasteiger partial charge < -0.3 is 14.8 Å². The van der Waals surface area contributed by atoms with E-state index in [1.54, 1.807) is 0 Å². The van der Waals surface area contributed by atoms with E-state index in [4.69, 9.17) is 9.47 Å². The van der Waals surface area contributed by atoms with Crippen molar-refractivity contribution in [3.63, 3.8) is 0 Å². The number of rotatable bonds is 7. The van der Waals surface area contributed by atoms with E-state index < -0.39 is 0 Å². The predicted octanol–water partition coefficient (Wildman–Crippen LogP) is 5.57. The van der Waals surface area contributed by atoms with E-state index >= 15 is 0 Å². The molecule has 0 radical (unpaired) electrons. The van der Waals surface area contributed by atoms with Gasteiger partial charge in [0.25, 0.3) is 0 Å². The molecule has 3 nitrogen and oxygen atoms in total. The summed E-state index contributed by atoms with van der Waals surface area (Å²) in [4.78, 5) is 0. The van der Waals surface area contributed by atoms with Crippen LogP contribution in [-0.4, -0.2) is 6.79 Å². The first kappa shape index (κ1) is 16.5. The maximum atomic E-state index is 5.48. The van der Waals surface area contributed by atoms with Crippen LogP contribution in [-0.2, 0) is 0 Å². The Morgan fingerprint density at radius 1 is 1.18 bits per heavy atom. The average Bonchev–Trinajstić information content (AvgIpc) is 2.92. The van der Waals surface area contributed by atoms with Gasteiger partial charge in [0, 0.05) is 23.9 Å². The zero-order valence-electron chi connectivity index (χ0n) is 14.2. The number of hydrogen-bond acceptors (Lipinski definition) is 3. The zero-order valence-corrected chi connectivity index (χ0v) is 14.2. The number of aryl methyl sites for hydroxylation is 1. The fourth-order valence-corrected chi connectivity index (χ4v) is 2.53. The van der Waals surface area contributed by atoms with Gasteiger partial charge in [-0.05, 0) is 38.3 Å². The van der Waals surface area contributed by atoms with Crippen LogP contribution in [0.15, 0.2) is 35.6 Å². The number of unbranched alkanes of at least 4 members (excludes halogenated alkanes) is 1. The van der Waals surface area contributed by atoms with Crippen molar-refractivity contribution < 1.29 is 9.47 Å². The highest BCUT2D eigenvalue weighted by Gasteiger charge is 2.16.